The Hall–Kier alpha value is -3.30. The number of carbonyl (C=O) groups excluding carboxylic acids is 3. The van der Waals surface area contributed by atoms with E-state index in [1.165, 1.54) is 30.0 Å². The molecular formula is C20H17Cl2N3O6. The van der Waals surface area contributed by atoms with Gasteiger partial charge in [-0.2, -0.15) is 0 Å². The first-order valence-electron chi connectivity index (χ1n) is 8.99. The highest BCUT2D eigenvalue weighted by atomic mass is 35.5. The molecule has 0 bridgehead atoms. The van der Waals surface area contributed by atoms with Crippen LogP contribution in [0.25, 0.3) is 0 Å². The third kappa shape index (κ3) is 4.57. The maximum Gasteiger partial charge on any atom is 0.323 e. The molecule has 0 aromatic heterocycles. The summed E-state index contributed by atoms with van der Waals surface area (Å²) in [5.74, 6) is -3.50. The third-order valence-electron chi connectivity index (χ3n) is 4.65. The number of fused-ring (bicyclic) bond motifs is 1. The molecule has 2 aromatic rings. The van der Waals surface area contributed by atoms with E-state index in [4.69, 9.17) is 23.2 Å². The molecule has 1 aliphatic heterocycles. The van der Waals surface area contributed by atoms with Crippen LogP contribution in [0.4, 0.5) is 11.4 Å². The second-order valence-corrected chi connectivity index (χ2v) is 7.57. The molecule has 1 heterocycles. The van der Waals surface area contributed by atoms with Crippen LogP contribution in [0.2, 0.25) is 10.0 Å². The van der Waals surface area contributed by atoms with Crippen molar-refractivity contribution < 1.29 is 29.4 Å². The summed E-state index contributed by atoms with van der Waals surface area (Å²) in [5, 5.41) is 21.2. The van der Waals surface area contributed by atoms with E-state index in [1.54, 1.807) is 18.2 Å². The number of carbonyl (C=O) groups is 4. The van der Waals surface area contributed by atoms with Crippen molar-refractivity contribution in [2.45, 2.75) is 13.0 Å². The van der Waals surface area contributed by atoms with Crippen LogP contribution < -0.4 is 15.1 Å². The minimum atomic E-state index is -1.26. The number of carboxylic acids is 1. The molecule has 0 saturated carbocycles. The molecule has 2 aromatic carbocycles. The van der Waals surface area contributed by atoms with E-state index in [9.17, 15) is 29.4 Å². The fourth-order valence-corrected chi connectivity index (χ4v) is 3.72. The fraction of sp³-hybridized carbons (Fsp3) is 0.200. The van der Waals surface area contributed by atoms with Crippen molar-refractivity contribution in [3.8, 4) is 5.75 Å². The lowest BCUT2D eigenvalue weighted by atomic mass is 10.1. The van der Waals surface area contributed by atoms with Gasteiger partial charge in [-0.15, -0.1) is 0 Å². The van der Waals surface area contributed by atoms with Gasteiger partial charge in [0.15, 0.2) is 5.75 Å². The second-order valence-electron chi connectivity index (χ2n) is 6.75. The number of carboxylic acid groups (broad SMARTS) is 1. The van der Waals surface area contributed by atoms with Gasteiger partial charge < -0.3 is 20.4 Å². The van der Waals surface area contributed by atoms with Crippen LogP contribution in [-0.2, 0) is 14.4 Å². The second kappa shape index (κ2) is 8.83. The SMILES string of the molecule is CC(=O)N1C[C@H](NC(=O)c2cc(Cl)c(O)c(Cl)c2)C(=O)N(CC(=O)O)c2ccccc21. The summed E-state index contributed by atoms with van der Waals surface area (Å²) in [6, 6.07) is 7.46. The fourth-order valence-electron chi connectivity index (χ4n) is 3.23. The Morgan fingerprint density at radius 2 is 1.71 bits per heavy atom. The smallest absolute Gasteiger partial charge is 0.323 e. The van der Waals surface area contributed by atoms with Crippen molar-refractivity contribution in [1.29, 1.82) is 0 Å². The summed E-state index contributed by atoms with van der Waals surface area (Å²) < 4.78 is 0. The first-order valence-corrected chi connectivity index (χ1v) is 9.75. The number of para-hydroxylation sites is 2. The highest BCUT2D eigenvalue weighted by Gasteiger charge is 2.37. The number of hydrogen-bond acceptors (Lipinski definition) is 5. The molecule has 0 aliphatic carbocycles. The van der Waals surface area contributed by atoms with Crippen LogP contribution in [0.3, 0.4) is 0 Å². The van der Waals surface area contributed by atoms with Gasteiger partial charge in [-0.05, 0) is 24.3 Å². The number of nitrogens with one attached hydrogen (secondary N) is 1. The van der Waals surface area contributed by atoms with Gasteiger partial charge in [-0.25, -0.2) is 0 Å². The average Bonchev–Trinajstić information content (AvgIpc) is 2.82. The molecule has 0 saturated heterocycles. The number of halogens is 2. The van der Waals surface area contributed by atoms with Crippen molar-refractivity contribution in [2.24, 2.45) is 0 Å². The number of aromatic hydroxyl groups is 1. The zero-order valence-corrected chi connectivity index (χ0v) is 17.6. The first kappa shape index (κ1) is 22.4. The van der Waals surface area contributed by atoms with Crippen LogP contribution in [0.5, 0.6) is 5.75 Å². The quantitative estimate of drug-likeness (QED) is 0.635. The molecule has 0 unspecified atom stereocenters. The minimum Gasteiger partial charge on any atom is -0.505 e. The first-order chi connectivity index (χ1) is 14.6. The largest absolute Gasteiger partial charge is 0.505 e. The zero-order chi connectivity index (χ0) is 22.9. The van der Waals surface area contributed by atoms with Crippen molar-refractivity contribution in [2.75, 3.05) is 22.9 Å². The van der Waals surface area contributed by atoms with Crippen LogP contribution >= 0.6 is 23.2 Å². The Kier molecular flexibility index (Phi) is 6.37. The minimum absolute atomic E-state index is 0.0264. The molecule has 11 heteroatoms. The topological polar surface area (TPSA) is 127 Å². The monoisotopic (exact) mass is 465 g/mol. The number of aliphatic carboxylic acids is 1. The summed E-state index contributed by atoms with van der Waals surface area (Å²) in [5.41, 5.74) is 0.552. The Bertz CT molecular complexity index is 1070. The van der Waals surface area contributed by atoms with Crippen molar-refractivity contribution >= 4 is 58.3 Å². The lowest BCUT2D eigenvalue weighted by molar-refractivity contribution is -0.136. The summed E-state index contributed by atoms with van der Waals surface area (Å²) >= 11 is 11.7. The Balaban J connectivity index is 2.00. The van der Waals surface area contributed by atoms with Crippen LogP contribution in [0, 0.1) is 0 Å². The van der Waals surface area contributed by atoms with E-state index < -0.39 is 42.0 Å². The van der Waals surface area contributed by atoms with Crippen LogP contribution in [0.1, 0.15) is 17.3 Å². The molecule has 1 atom stereocenters. The molecule has 3 rings (SSSR count). The Labute approximate surface area is 186 Å². The van der Waals surface area contributed by atoms with E-state index in [0.29, 0.717) is 5.69 Å². The van der Waals surface area contributed by atoms with Gasteiger partial charge in [0, 0.05) is 12.5 Å². The molecule has 1 aliphatic rings. The van der Waals surface area contributed by atoms with Crippen LogP contribution in [0.15, 0.2) is 36.4 Å². The van der Waals surface area contributed by atoms with Crippen molar-refractivity contribution in [1.82, 2.24) is 5.32 Å². The molecule has 0 fully saturated rings. The molecule has 31 heavy (non-hydrogen) atoms. The highest BCUT2D eigenvalue weighted by Crippen LogP contribution is 2.34. The van der Waals surface area contributed by atoms with Gasteiger partial charge in [0.25, 0.3) is 11.8 Å². The number of nitrogens with zero attached hydrogens (tertiary/aromatic N) is 2. The lowest BCUT2D eigenvalue weighted by Gasteiger charge is -2.24. The Morgan fingerprint density at radius 1 is 1.13 bits per heavy atom. The number of benzene rings is 2. The van der Waals surface area contributed by atoms with E-state index in [-0.39, 0.29) is 27.8 Å². The standard InChI is InChI=1S/C20H17Cl2N3O6/c1-10(26)24-8-14(23-19(30)11-6-12(21)18(29)13(22)7-11)20(31)25(9-17(27)28)16-5-3-2-4-15(16)24/h2-7,14,29H,8-9H2,1H3,(H,23,30)(H,27,28)/t14-/m0/s1. The lowest BCUT2D eigenvalue weighted by Crippen LogP contribution is -2.53. The molecular weight excluding hydrogens is 449 g/mol. The number of anilines is 2. The highest BCUT2D eigenvalue weighted by molar-refractivity contribution is 6.37. The zero-order valence-electron chi connectivity index (χ0n) is 16.1. The summed E-state index contributed by atoms with van der Waals surface area (Å²) in [6.07, 6.45) is 0. The van der Waals surface area contributed by atoms with E-state index in [2.05, 4.69) is 5.32 Å². The van der Waals surface area contributed by atoms with Crippen LogP contribution in [-0.4, -0.2) is 53.0 Å². The Morgan fingerprint density at radius 3 is 2.26 bits per heavy atom. The average molecular weight is 466 g/mol. The van der Waals surface area contributed by atoms with E-state index >= 15 is 0 Å². The summed E-state index contributed by atoms with van der Waals surface area (Å²) in [4.78, 5) is 51.9. The summed E-state index contributed by atoms with van der Waals surface area (Å²) in [6.45, 7) is 0.421. The normalized spacial score (nSPS) is 15.8. The van der Waals surface area contributed by atoms with Crippen molar-refractivity contribution in [3.63, 3.8) is 0 Å². The maximum absolute atomic E-state index is 13.2. The maximum atomic E-state index is 13.2. The van der Waals surface area contributed by atoms with Gasteiger partial charge in [-0.1, -0.05) is 35.3 Å². The molecule has 3 amide bonds. The van der Waals surface area contributed by atoms with Gasteiger partial charge in [-0.3, -0.25) is 24.1 Å². The molecule has 0 radical (unpaired) electrons. The van der Waals surface area contributed by atoms with E-state index in [0.717, 1.165) is 4.90 Å². The molecule has 162 valence electrons. The number of hydrogen-bond donors (Lipinski definition) is 3. The molecule has 9 nitrogen and oxygen atoms in total. The molecule has 3 N–H and O–H groups in total. The number of rotatable bonds is 4. The van der Waals surface area contributed by atoms with Gasteiger partial charge in [0.2, 0.25) is 5.91 Å². The van der Waals surface area contributed by atoms with Gasteiger partial charge in [0.05, 0.1) is 28.0 Å². The van der Waals surface area contributed by atoms with Gasteiger partial charge in [0.1, 0.15) is 12.6 Å². The third-order valence-corrected chi connectivity index (χ3v) is 5.23. The van der Waals surface area contributed by atoms with Gasteiger partial charge >= 0.3 is 5.97 Å². The predicted octanol–water partition coefficient (Wildman–Crippen LogP) is 2.28. The van der Waals surface area contributed by atoms with E-state index in [1.807, 2.05) is 0 Å². The number of phenols is 1. The molecule has 0 spiro atoms. The number of phenolic OH excluding ortho intramolecular Hbond substituents is 1. The number of amides is 3. The van der Waals surface area contributed by atoms with Crippen molar-refractivity contribution in [3.05, 3.63) is 52.0 Å². The predicted molar refractivity (Wildman–Crippen MR) is 114 cm³/mol. The summed E-state index contributed by atoms with van der Waals surface area (Å²) in [7, 11) is 0.